The molecule has 9 heteroatoms. The molecule has 4 aromatic rings. The minimum absolute atomic E-state index is 0.0914. The summed E-state index contributed by atoms with van der Waals surface area (Å²) in [5.41, 5.74) is 2.26. The molecule has 0 aliphatic heterocycles. The fourth-order valence-corrected chi connectivity index (χ4v) is 3.79. The summed E-state index contributed by atoms with van der Waals surface area (Å²) in [6.07, 6.45) is 1.61. The average molecular weight is 488 g/mol. The van der Waals surface area contributed by atoms with Crippen molar-refractivity contribution in [3.8, 4) is 16.9 Å². The van der Waals surface area contributed by atoms with Crippen LogP contribution in [0.15, 0.2) is 65.2 Å². The molecule has 2 aromatic carbocycles. The van der Waals surface area contributed by atoms with E-state index in [-0.39, 0.29) is 23.7 Å². The summed E-state index contributed by atoms with van der Waals surface area (Å²) in [7, 11) is 3.63. The molecule has 0 fully saturated rings. The van der Waals surface area contributed by atoms with Crippen molar-refractivity contribution in [3.05, 3.63) is 77.7 Å². The second kappa shape index (κ2) is 10.9. The van der Waals surface area contributed by atoms with Crippen molar-refractivity contribution < 1.29 is 18.8 Å². The Morgan fingerprint density at radius 3 is 2.36 bits per heavy atom. The van der Waals surface area contributed by atoms with Crippen LogP contribution >= 0.6 is 0 Å². The molecule has 36 heavy (non-hydrogen) atoms. The van der Waals surface area contributed by atoms with E-state index in [0.717, 1.165) is 18.4 Å². The monoisotopic (exact) mass is 487 g/mol. The van der Waals surface area contributed by atoms with Gasteiger partial charge in [0.25, 0.3) is 5.91 Å². The average Bonchev–Trinajstić information content (AvgIpc) is 3.46. The second-order valence-corrected chi connectivity index (χ2v) is 8.45. The molecule has 1 amide bonds. The molecule has 2 heterocycles. The van der Waals surface area contributed by atoms with Gasteiger partial charge in [0.15, 0.2) is 11.5 Å². The zero-order chi connectivity index (χ0) is 25.7. The van der Waals surface area contributed by atoms with Crippen LogP contribution in [0.5, 0.6) is 0 Å². The quantitative estimate of drug-likeness (QED) is 0.258. The Hall–Kier alpha value is -4.40. The van der Waals surface area contributed by atoms with Crippen LogP contribution in [0, 0.1) is 6.92 Å². The lowest BCUT2D eigenvalue weighted by atomic mass is 10.1. The number of aryl methyl sites for hydroxylation is 1. The molecule has 0 atom stereocenters. The molecule has 0 saturated heterocycles. The van der Waals surface area contributed by atoms with E-state index >= 15 is 0 Å². The first-order chi connectivity index (χ1) is 17.4. The van der Waals surface area contributed by atoms with Gasteiger partial charge in [-0.1, -0.05) is 67.0 Å². The smallest absolute Gasteiger partial charge is 0.359 e. The number of carbonyl (C=O) groups excluding carboxylic acids is 2. The Balaban J connectivity index is 1.80. The van der Waals surface area contributed by atoms with Gasteiger partial charge in [-0.25, -0.2) is 4.79 Å². The highest BCUT2D eigenvalue weighted by atomic mass is 16.5. The molecule has 186 valence electrons. The van der Waals surface area contributed by atoms with Crippen LogP contribution in [-0.4, -0.2) is 47.3 Å². The van der Waals surface area contributed by atoms with Crippen molar-refractivity contribution in [1.29, 1.82) is 0 Å². The van der Waals surface area contributed by atoms with Gasteiger partial charge < -0.3 is 19.5 Å². The van der Waals surface area contributed by atoms with Gasteiger partial charge >= 0.3 is 5.97 Å². The maximum absolute atomic E-state index is 13.5. The van der Waals surface area contributed by atoms with E-state index in [9.17, 15) is 9.59 Å². The SMILES string of the molecule is CCCCOC(=O)c1c(NC(=O)c2c(-c3ccccc3)noc2C)nc(N(C)C)n1-c1ccccc1. The summed E-state index contributed by atoms with van der Waals surface area (Å²) in [5, 5.41) is 6.92. The topological polar surface area (TPSA) is 102 Å². The summed E-state index contributed by atoms with van der Waals surface area (Å²) in [6.45, 7) is 3.95. The number of anilines is 2. The molecule has 2 aromatic heterocycles. The normalized spacial score (nSPS) is 10.8. The first kappa shape index (κ1) is 24.7. The molecule has 1 N–H and O–H groups in total. The molecule has 0 aliphatic carbocycles. The van der Waals surface area contributed by atoms with Crippen LogP contribution < -0.4 is 10.2 Å². The van der Waals surface area contributed by atoms with E-state index in [4.69, 9.17) is 9.26 Å². The maximum atomic E-state index is 13.5. The predicted molar refractivity (Wildman–Crippen MR) is 138 cm³/mol. The first-order valence-corrected chi connectivity index (χ1v) is 11.8. The standard InChI is InChI=1S/C27H29N5O4/c1-5-6-17-35-26(34)23-24(29-27(31(3)4)32(23)20-15-11-8-12-16-20)28-25(33)21-18(2)36-30-22(21)19-13-9-7-10-14-19/h7-16H,5-6,17H2,1-4H3,(H,28,33). The van der Waals surface area contributed by atoms with Crippen molar-refractivity contribution in [2.75, 3.05) is 30.9 Å². The zero-order valence-electron chi connectivity index (χ0n) is 20.8. The van der Waals surface area contributed by atoms with E-state index in [2.05, 4.69) is 15.5 Å². The number of nitrogens with one attached hydrogen (secondary N) is 1. The third-order valence-corrected chi connectivity index (χ3v) is 5.57. The fourth-order valence-electron chi connectivity index (χ4n) is 3.79. The number of unbranched alkanes of at least 4 members (excludes halogenated alkanes) is 1. The Morgan fingerprint density at radius 2 is 1.72 bits per heavy atom. The van der Waals surface area contributed by atoms with Crippen LogP contribution in [0.2, 0.25) is 0 Å². The van der Waals surface area contributed by atoms with Gasteiger partial charge in [-0.2, -0.15) is 4.98 Å². The van der Waals surface area contributed by atoms with Crippen LogP contribution in [-0.2, 0) is 4.74 Å². The number of para-hydroxylation sites is 1. The summed E-state index contributed by atoms with van der Waals surface area (Å²) < 4.78 is 12.6. The minimum atomic E-state index is -0.575. The Kier molecular flexibility index (Phi) is 7.48. The molecule has 0 aliphatic rings. The van der Waals surface area contributed by atoms with Crippen molar-refractivity contribution in [1.82, 2.24) is 14.7 Å². The van der Waals surface area contributed by atoms with Gasteiger partial charge in [0.05, 0.1) is 6.61 Å². The van der Waals surface area contributed by atoms with Gasteiger partial charge in [0.2, 0.25) is 5.95 Å². The van der Waals surface area contributed by atoms with Crippen molar-refractivity contribution in [2.45, 2.75) is 26.7 Å². The molecule has 9 nitrogen and oxygen atoms in total. The van der Waals surface area contributed by atoms with E-state index in [1.807, 2.05) is 81.7 Å². The number of nitrogens with zero attached hydrogens (tertiary/aromatic N) is 4. The van der Waals surface area contributed by atoms with Crippen molar-refractivity contribution >= 4 is 23.6 Å². The molecule has 0 spiro atoms. The highest BCUT2D eigenvalue weighted by Crippen LogP contribution is 2.30. The molecule has 0 radical (unpaired) electrons. The van der Waals surface area contributed by atoms with Crippen molar-refractivity contribution in [3.63, 3.8) is 0 Å². The van der Waals surface area contributed by atoms with Crippen LogP contribution in [0.25, 0.3) is 16.9 Å². The zero-order valence-corrected chi connectivity index (χ0v) is 20.8. The third kappa shape index (κ3) is 5.00. The molecule has 0 unspecified atom stereocenters. The first-order valence-electron chi connectivity index (χ1n) is 11.8. The predicted octanol–water partition coefficient (Wildman–Crippen LogP) is 5.11. The number of esters is 1. The minimum Gasteiger partial charge on any atom is -0.461 e. The number of rotatable bonds is 9. The summed E-state index contributed by atoms with van der Waals surface area (Å²) >= 11 is 0. The third-order valence-electron chi connectivity index (χ3n) is 5.57. The van der Waals surface area contributed by atoms with Gasteiger partial charge in [-0.3, -0.25) is 9.36 Å². The van der Waals surface area contributed by atoms with E-state index in [0.29, 0.717) is 23.1 Å². The highest BCUT2D eigenvalue weighted by Gasteiger charge is 2.30. The number of amides is 1. The Morgan fingerprint density at radius 1 is 1.06 bits per heavy atom. The number of hydrogen-bond acceptors (Lipinski definition) is 7. The summed E-state index contributed by atoms with van der Waals surface area (Å²) in [6, 6.07) is 18.6. The molecule has 4 rings (SSSR count). The number of aromatic nitrogens is 3. The summed E-state index contributed by atoms with van der Waals surface area (Å²) in [5.74, 6) is -0.154. The van der Waals surface area contributed by atoms with Crippen LogP contribution in [0.4, 0.5) is 11.8 Å². The lowest BCUT2D eigenvalue weighted by molar-refractivity contribution is 0.0492. The lowest BCUT2D eigenvalue weighted by Gasteiger charge is -2.16. The van der Waals surface area contributed by atoms with Crippen LogP contribution in [0.1, 0.15) is 46.4 Å². The van der Waals surface area contributed by atoms with Gasteiger partial charge in [0.1, 0.15) is 17.0 Å². The fraction of sp³-hybridized carbons (Fsp3) is 0.259. The molecule has 0 bridgehead atoms. The molecular formula is C27H29N5O4. The van der Waals surface area contributed by atoms with Crippen LogP contribution in [0.3, 0.4) is 0 Å². The maximum Gasteiger partial charge on any atom is 0.359 e. The number of imidazole rings is 1. The Bertz CT molecular complexity index is 1340. The van der Waals surface area contributed by atoms with Gasteiger partial charge in [-0.15, -0.1) is 0 Å². The van der Waals surface area contributed by atoms with Gasteiger partial charge in [0, 0.05) is 25.3 Å². The largest absolute Gasteiger partial charge is 0.461 e. The molecule has 0 saturated carbocycles. The number of ether oxygens (including phenoxy) is 1. The van der Waals surface area contributed by atoms with Gasteiger partial charge in [-0.05, 0) is 25.5 Å². The lowest BCUT2D eigenvalue weighted by Crippen LogP contribution is -2.20. The highest BCUT2D eigenvalue weighted by molar-refractivity contribution is 6.10. The number of carbonyl (C=O) groups is 2. The van der Waals surface area contributed by atoms with Crippen molar-refractivity contribution in [2.24, 2.45) is 0 Å². The van der Waals surface area contributed by atoms with E-state index < -0.39 is 11.9 Å². The Labute approximate surface area is 209 Å². The summed E-state index contributed by atoms with van der Waals surface area (Å²) in [4.78, 5) is 33.2. The molecular weight excluding hydrogens is 458 g/mol. The second-order valence-electron chi connectivity index (χ2n) is 8.45. The number of hydrogen-bond donors (Lipinski definition) is 1. The van der Waals surface area contributed by atoms with E-state index in [1.54, 1.807) is 16.4 Å². The number of benzene rings is 2. The van der Waals surface area contributed by atoms with E-state index in [1.165, 1.54) is 0 Å².